The van der Waals surface area contributed by atoms with Crippen molar-refractivity contribution in [1.82, 2.24) is 15.0 Å². The van der Waals surface area contributed by atoms with E-state index in [1.54, 1.807) is 0 Å². The Bertz CT molecular complexity index is 266. The monoisotopic (exact) mass is 197 g/mol. The molecule has 1 heterocycles. The minimum absolute atomic E-state index is 0.337. The summed E-state index contributed by atoms with van der Waals surface area (Å²) in [5.41, 5.74) is 0. The van der Waals surface area contributed by atoms with Crippen LogP contribution in [0.25, 0.3) is 0 Å². The van der Waals surface area contributed by atoms with Crippen molar-refractivity contribution in [1.29, 1.82) is 0 Å². The second-order valence-electron chi connectivity index (χ2n) is 3.66. The molecule has 0 aliphatic heterocycles. The molecule has 0 amide bonds. The molecule has 0 aliphatic carbocycles. The molecule has 0 unspecified atom stereocenters. The van der Waals surface area contributed by atoms with Crippen molar-refractivity contribution >= 4 is 0 Å². The Morgan fingerprint density at radius 2 is 1.93 bits per heavy atom. The van der Waals surface area contributed by atoms with Gasteiger partial charge in [0.15, 0.2) is 5.82 Å². The molecular formula is C10H19N3O. The van der Waals surface area contributed by atoms with Gasteiger partial charge in [-0.1, -0.05) is 32.9 Å². The molecule has 0 spiro atoms. The van der Waals surface area contributed by atoms with E-state index in [0.29, 0.717) is 5.92 Å². The summed E-state index contributed by atoms with van der Waals surface area (Å²) in [7, 11) is 0. The Kier molecular flexibility index (Phi) is 4.07. The van der Waals surface area contributed by atoms with Crippen LogP contribution in [0.5, 0.6) is 0 Å². The molecule has 0 saturated carbocycles. The lowest BCUT2D eigenvalue weighted by Crippen LogP contribution is -2.22. The van der Waals surface area contributed by atoms with Crippen LogP contribution in [0.4, 0.5) is 0 Å². The van der Waals surface area contributed by atoms with Crippen LogP contribution >= 0.6 is 0 Å². The van der Waals surface area contributed by atoms with Gasteiger partial charge in [-0.05, 0) is 13.1 Å². The number of nitrogens with zero attached hydrogens (tertiary/aromatic N) is 3. The summed E-state index contributed by atoms with van der Waals surface area (Å²) in [6.07, 6.45) is 0. The summed E-state index contributed by atoms with van der Waals surface area (Å²) in [5, 5.41) is 3.92. The van der Waals surface area contributed by atoms with Gasteiger partial charge >= 0.3 is 0 Å². The lowest BCUT2D eigenvalue weighted by molar-refractivity contribution is 0.246. The van der Waals surface area contributed by atoms with Gasteiger partial charge in [0.25, 0.3) is 0 Å². The molecule has 1 rings (SSSR count). The molecule has 0 aromatic carbocycles. The van der Waals surface area contributed by atoms with Crippen LogP contribution in [0.2, 0.25) is 0 Å². The summed E-state index contributed by atoms with van der Waals surface area (Å²) in [5.74, 6) is 1.86. The second-order valence-corrected chi connectivity index (χ2v) is 3.66. The van der Waals surface area contributed by atoms with E-state index in [4.69, 9.17) is 4.52 Å². The van der Waals surface area contributed by atoms with Gasteiger partial charge in [-0.3, -0.25) is 4.90 Å². The van der Waals surface area contributed by atoms with Gasteiger partial charge < -0.3 is 4.52 Å². The highest BCUT2D eigenvalue weighted by molar-refractivity contribution is 4.91. The molecule has 1 aromatic heterocycles. The van der Waals surface area contributed by atoms with E-state index in [1.807, 2.05) is 0 Å². The third-order valence-electron chi connectivity index (χ3n) is 2.25. The van der Waals surface area contributed by atoms with Crippen LogP contribution in [-0.4, -0.2) is 28.1 Å². The van der Waals surface area contributed by atoms with E-state index < -0.39 is 0 Å². The lowest BCUT2D eigenvalue weighted by atomic mass is 10.2. The van der Waals surface area contributed by atoms with Gasteiger partial charge in [0, 0.05) is 5.92 Å². The zero-order chi connectivity index (χ0) is 10.6. The third kappa shape index (κ3) is 2.80. The van der Waals surface area contributed by atoms with Crippen LogP contribution in [0, 0.1) is 0 Å². The molecule has 4 nitrogen and oxygen atoms in total. The predicted molar refractivity (Wildman–Crippen MR) is 55.0 cm³/mol. The Labute approximate surface area is 85.3 Å². The van der Waals surface area contributed by atoms with E-state index in [2.05, 4.69) is 42.7 Å². The van der Waals surface area contributed by atoms with Crippen molar-refractivity contribution in [3.63, 3.8) is 0 Å². The maximum Gasteiger partial charge on any atom is 0.240 e. The zero-order valence-corrected chi connectivity index (χ0v) is 9.45. The van der Waals surface area contributed by atoms with Crippen LogP contribution in [0.15, 0.2) is 4.52 Å². The average Bonchev–Trinajstić information content (AvgIpc) is 2.62. The summed E-state index contributed by atoms with van der Waals surface area (Å²) >= 11 is 0. The fourth-order valence-electron chi connectivity index (χ4n) is 1.21. The highest BCUT2D eigenvalue weighted by Crippen LogP contribution is 2.10. The molecule has 80 valence electrons. The summed E-state index contributed by atoms with van der Waals surface area (Å²) < 4.78 is 5.16. The molecule has 0 saturated heterocycles. The molecule has 0 bridgehead atoms. The number of rotatable bonds is 5. The van der Waals surface area contributed by atoms with Gasteiger partial charge in [0.1, 0.15) is 0 Å². The highest BCUT2D eigenvalue weighted by atomic mass is 16.5. The molecule has 0 fully saturated rings. The summed E-state index contributed by atoms with van der Waals surface area (Å²) in [4.78, 5) is 6.57. The minimum Gasteiger partial charge on any atom is -0.338 e. The highest BCUT2D eigenvalue weighted by Gasteiger charge is 2.11. The molecule has 14 heavy (non-hydrogen) atoms. The van der Waals surface area contributed by atoms with Crippen molar-refractivity contribution in [3.05, 3.63) is 11.7 Å². The first kappa shape index (κ1) is 11.2. The molecule has 0 N–H and O–H groups in total. The van der Waals surface area contributed by atoms with Crippen LogP contribution in [0.1, 0.15) is 45.3 Å². The maximum atomic E-state index is 5.16. The van der Waals surface area contributed by atoms with Crippen molar-refractivity contribution in [2.75, 3.05) is 13.1 Å². The van der Waals surface area contributed by atoms with E-state index >= 15 is 0 Å². The van der Waals surface area contributed by atoms with Crippen molar-refractivity contribution < 1.29 is 4.52 Å². The largest absolute Gasteiger partial charge is 0.338 e. The SMILES string of the molecule is CCN(CC)Cc1nc(C(C)C)no1. The number of hydrogen-bond acceptors (Lipinski definition) is 4. The molecule has 0 atom stereocenters. The normalized spacial score (nSPS) is 11.6. The second kappa shape index (κ2) is 5.10. The smallest absolute Gasteiger partial charge is 0.240 e. The molecule has 0 aliphatic rings. The van der Waals surface area contributed by atoms with Gasteiger partial charge in [-0.25, -0.2) is 0 Å². The topological polar surface area (TPSA) is 42.2 Å². The first-order valence-electron chi connectivity index (χ1n) is 5.22. The van der Waals surface area contributed by atoms with E-state index in [9.17, 15) is 0 Å². The summed E-state index contributed by atoms with van der Waals surface area (Å²) in [6, 6.07) is 0. The predicted octanol–water partition coefficient (Wildman–Crippen LogP) is 2.03. The van der Waals surface area contributed by atoms with Crippen LogP contribution in [-0.2, 0) is 6.54 Å². The van der Waals surface area contributed by atoms with Crippen molar-refractivity contribution in [2.45, 2.75) is 40.2 Å². The van der Waals surface area contributed by atoms with Crippen molar-refractivity contribution in [3.8, 4) is 0 Å². The Morgan fingerprint density at radius 1 is 1.29 bits per heavy atom. The fraction of sp³-hybridized carbons (Fsp3) is 0.800. The first-order valence-corrected chi connectivity index (χ1v) is 5.22. The number of hydrogen-bond donors (Lipinski definition) is 0. The number of aromatic nitrogens is 2. The zero-order valence-electron chi connectivity index (χ0n) is 9.45. The summed E-state index contributed by atoms with van der Waals surface area (Å²) in [6.45, 7) is 11.2. The Morgan fingerprint density at radius 3 is 2.36 bits per heavy atom. The van der Waals surface area contributed by atoms with Crippen LogP contribution in [0.3, 0.4) is 0 Å². The third-order valence-corrected chi connectivity index (χ3v) is 2.25. The lowest BCUT2D eigenvalue weighted by Gasteiger charge is -2.14. The molecule has 1 aromatic rings. The van der Waals surface area contributed by atoms with E-state index in [-0.39, 0.29) is 0 Å². The van der Waals surface area contributed by atoms with Crippen LogP contribution < -0.4 is 0 Å². The van der Waals surface area contributed by atoms with Gasteiger partial charge in [0.05, 0.1) is 6.54 Å². The first-order chi connectivity index (χ1) is 6.67. The molecule has 4 heteroatoms. The average molecular weight is 197 g/mol. The Balaban J connectivity index is 2.58. The fourth-order valence-corrected chi connectivity index (χ4v) is 1.21. The Hall–Kier alpha value is -0.900. The van der Waals surface area contributed by atoms with Crippen molar-refractivity contribution in [2.24, 2.45) is 0 Å². The van der Waals surface area contributed by atoms with E-state index in [0.717, 1.165) is 31.3 Å². The quantitative estimate of drug-likeness (QED) is 0.724. The minimum atomic E-state index is 0.337. The van der Waals surface area contributed by atoms with Gasteiger partial charge in [-0.15, -0.1) is 0 Å². The van der Waals surface area contributed by atoms with E-state index in [1.165, 1.54) is 0 Å². The van der Waals surface area contributed by atoms with Gasteiger partial charge in [0.2, 0.25) is 5.89 Å². The van der Waals surface area contributed by atoms with Gasteiger partial charge in [-0.2, -0.15) is 4.98 Å². The molecule has 0 radical (unpaired) electrons. The standard InChI is InChI=1S/C10H19N3O/c1-5-13(6-2)7-9-11-10(8(3)4)12-14-9/h8H,5-7H2,1-4H3. The molecular weight excluding hydrogens is 178 g/mol. The maximum absolute atomic E-state index is 5.16.